The highest BCUT2D eigenvalue weighted by Crippen LogP contribution is 2.26. The van der Waals surface area contributed by atoms with Crippen molar-refractivity contribution in [2.24, 2.45) is 0 Å². The average molecular weight is 275 g/mol. The van der Waals surface area contributed by atoms with Crippen LogP contribution in [0.3, 0.4) is 0 Å². The second-order valence-corrected chi connectivity index (χ2v) is 6.33. The molecule has 0 saturated carbocycles. The number of likely N-dealkylation sites (N-methyl/N-ethyl adjacent to an activating group) is 1. The van der Waals surface area contributed by atoms with Gasteiger partial charge < -0.3 is 5.73 Å². The topological polar surface area (TPSA) is 63.4 Å². The van der Waals surface area contributed by atoms with Gasteiger partial charge in [-0.15, -0.1) is 0 Å². The lowest BCUT2D eigenvalue weighted by atomic mass is 10.3. The summed E-state index contributed by atoms with van der Waals surface area (Å²) in [6.07, 6.45) is 0. The van der Waals surface area contributed by atoms with Crippen LogP contribution in [-0.2, 0) is 10.0 Å². The van der Waals surface area contributed by atoms with Crippen molar-refractivity contribution in [1.29, 1.82) is 0 Å². The maximum Gasteiger partial charge on any atom is 0.244 e. The van der Waals surface area contributed by atoms with Crippen molar-refractivity contribution in [2.75, 3.05) is 19.3 Å². The number of benzene rings is 1. The number of anilines is 1. The molecule has 1 rings (SSSR count). The quantitative estimate of drug-likeness (QED) is 0.676. The molecule has 0 aromatic heterocycles. The zero-order chi connectivity index (χ0) is 13.2. The molecular formula is C11H15ClN2O2S. The standard InChI is InChI=1S/C11H15ClN2O2S/c1-8(2)7-14(3)17(15,16)11-6-9(13)4-5-10(11)12/h4-6H,1,7,13H2,2-3H3. The molecule has 0 unspecified atom stereocenters. The summed E-state index contributed by atoms with van der Waals surface area (Å²) in [4.78, 5) is 0.0166. The van der Waals surface area contributed by atoms with E-state index in [1.165, 1.54) is 23.5 Å². The van der Waals surface area contributed by atoms with Gasteiger partial charge in [-0.05, 0) is 25.1 Å². The number of nitrogen functional groups attached to an aromatic ring is 1. The summed E-state index contributed by atoms with van der Waals surface area (Å²) in [7, 11) is -2.15. The Labute approximate surface area is 107 Å². The Bertz CT molecular complexity index is 540. The predicted octanol–water partition coefficient (Wildman–Crippen LogP) is 2.12. The Morgan fingerprint density at radius 2 is 2.12 bits per heavy atom. The summed E-state index contributed by atoms with van der Waals surface area (Å²) in [6.45, 7) is 5.68. The van der Waals surface area contributed by atoms with Gasteiger partial charge >= 0.3 is 0 Å². The molecule has 2 N–H and O–H groups in total. The van der Waals surface area contributed by atoms with E-state index in [-0.39, 0.29) is 16.5 Å². The average Bonchev–Trinajstić information content (AvgIpc) is 2.20. The number of hydrogen-bond donors (Lipinski definition) is 1. The molecule has 0 atom stereocenters. The highest BCUT2D eigenvalue weighted by molar-refractivity contribution is 7.89. The zero-order valence-corrected chi connectivity index (χ0v) is 11.3. The SMILES string of the molecule is C=C(C)CN(C)S(=O)(=O)c1cc(N)ccc1Cl. The highest BCUT2D eigenvalue weighted by atomic mass is 35.5. The van der Waals surface area contributed by atoms with Gasteiger partial charge in [-0.3, -0.25) is 0 Å². The van der Waals surface area contributed by atoms with Gasteiger partial charge in [0.1, 0.15) is 4.90 Å². The molecule has 94 valence electrons. The van der Waals surface area contributed by atoms with Crippen molar-refractivity contribution in [1.82, 2.24) is 4.31 Å². The molecular weight excluding hydrogens is 260 g/mol. The Balaban J connectivity index is 3.21. The van der Waals surface area contributed by atoms with Crippen LogP contribution in [0.4, 0.5) is 5.69 Å². The van der Waals surface area contributed by atoms with Gasteiger partial charge in [-0.2, -0.15) is 4.31 Å². The molecule has 1 aromatic rings. The van der Waals surface area contributed by atoms with Gasteiger partial charge in [-0.1, -0.05) is 23.8 Å². The van der Waals surface area contributed by atoms with Crippen molar-refractivity contribution >= 4 is 27.3 Å². The molecule has 6 heteroatoms. The molecule has 0 saturated heterocycles. The maximum atomic E-state index is 12.2. The van der Waals surface area contributed by atoms with Crippen LogP contribution in [0.25, 0.3) is 0 Å². The second-order valence-electron chi connectivity index (χ2n) is 3.91. The van der Waals surface area contributed by atoms with Crippen LogP contribution < -0.4 is 5.73 Å². The molecule has 0 aliphatic rings. The minimum atomic E-state index is -3.63. The molecule has 0 aliphatic carbocycles. The van der Waals surface area contributed by atoms with Gasteiger partial charge in [0.15, 0.2) is 0 Å². The van der Waals surface area contributed by atoms with Crippen molar-refractivity contribution in [3.63, 3.8) is 0 Å². The molecule has 0 aliphatic heterocycles. The van der Waals surface area contributed by atoms with E-state index in [2.05, 4.69) is 6.58 Å². The number of nitrogens with two attached hydrogens (primary N) is 1. The molecule has 0 heterocycles. The van der Waals surface area contributed by atoms with E-state index in [0.29, 0.717) is 5.69 Å². The lowest BCUT2D eigenvalue weighted by Gasteiger charge is -2.18. The van der Waals surface area contributed by atoms with Crippen LogP contribution >= 0.6 is 11.6 Å². The largest absolute Gasteiger partial charge is 0.399 e. The Hall–Kier alpha value is -1.04. The van der Waals surface area contributed by atoms with Crippen LogP contribution in [0.15, 0.2) is 35.2 Å². The summed E-state index contributed by atoms with van der Waals surface area (Å²) < 4.78 is 25.6. The fourth-order valence-electron chi connectivity index (χ4n) is 1.35. The Kier molecular flexibility index (Phi) is 4.19. The van der Waals surface area contributed by atoms with E-state index < -0.39 is 10.0 Å². The number of rotatable bonds is 4. The molecule has 0 bridgehead atoms. The van der Waals surface area contributed by atoms with Crippen LogP contribution in [0, 0.1) is 0 Å². The van der Waals surface area contributed by atoms with Crippen LogP contribution in [0.2, 0.25) is 5.02 Å². The first kappa shape index (κ1) is 14.0. The Morgan fingerprint density at radius 1 is 1.53 bits per heavy atom. The first-order valence-corrected chi connectivity index (χ1v) is 6.72. The fourth-order valence-corrected chi connectivity index (χ4v) is 3.09. The predicted molar refractivity (Wildman–Crippen MR) is 70.5 cm³/mol. The lowest BCUT2D eigenvalue weighted by Crippen LogP contribution is -2.28. The van der Waals surface area contributed by atoms with E-state index in [1.54, 1.807) is 13.0 Å². The van der Waals surface area contributed by atoms with Crippen molar-refractivity contribution in [3.8, 4) is 0 Å². The van der Waals surface area contributed by atoms with Crippen LogP contribution in [-0.4, -0.2) is 26.3 Å². The number of hydrogen-bond acceptors (Lipinski definition) is 3. The van der Waals surface area contributed by atoms with Gasteiger partial charge in [0.2, 0.25) is 10.0 Å². The molecule has 1 aromatic carbocycles. The number of nitrogens with zero attached hydrogens (tertiary/aromatic N) is 1. The van der Waals surface area contributed by atoms with E-state index in [0.717, 1.165) is 5.57 Å². The fraction of sp³-hybridized carbons (Fsp3) is 0.273. The highest BCUT2D eigenvalue weighted by Gasteiger charge is 2.23. The second kappa shape index (κ2) is 5.08. The molecule has 0 amide bonds. The molecule has 0 spiro atoms. The molecule has 17 heavy (non-hydrogen) atoms. The van der Waals surface area contributed by atoms with Gasteiger partial charge in [0.05, 0.1) is 5.02 Å². The van der Waals surface area contributed by atoms with Crippen molar-refractivity contribution in [2.45, 2.75) is 11.8 Å². The normalized spacial score (nSPS) is 11.8. The van der Waals surface area contributed by atoms with Gasteiger partial charge in [0, 0.05) is 19.3 Å². The maximum absolute atomic E-state index is 12.2. The number of halogens is 1. The summed E-state index contributed by atoms with van der Waals surface area (Å²) in [5.74, 6) is 0. The smallest absolute Gasteiger partial charge is 0.244 e. The van der Waals surface area contributed by atoms with E-state index in [9.17, 15) is 8.42 Å². The van der Waals surface area contributed by atoms with E-state index >= 15 is 0 Å². The number of sulfonamides is 1. The molecule has 0 fully saturated rings. The van der Waals surface area contributed by atoms with Crippen molar-refractivity contribution in [3.05, 3.63) is 35.4 Å². The molecule has 4 nitrogen and oxygen atoms in total. The minimum Gasteiger partial charge on any atom is -0.399 e. The van der Waals surface area contributed by atoms with Crippen molar-refractivity contribution < 1.29 is 8.42 Å². The minimum absolute atomic E-state index is 0.0166. The summed E-state index contributed by atoms with van der Waals surface area (Å²) in [5.41, 5.74) is 6.67. The third-order valence-corrected chi connectivity index (χ3v) is 4.42. The first-order valence-electron chi connectivity index (χ1n) is 4.91. The van der Waals surface area contributed by atoms with E-state index in [4.69, 9.17) is 17.3 Å². The summed E-state index contributed by atoms with van der Waals surface area (Å²) in [6, 6.07) is 4.38. The summed E-state index contributed by atoms with van der Waals surface area (Å²) in [5, 5.41) is 0.160. The van der Waals surface area contributed by atoms with Gasteiger partial charge in [-0.25, -0.2) is 8.42 Å². The molecule has 0 radical (unpaired) electrons. The third kappa shape index (κ3) is 3.21. The third-order valence-electron chi connectivity index (χ3n) is 2.14. The van der Waals surface area contributed by atoms with Crippen LogP contribution in [0.1, 0.15) is 6.92 Å². The first-order chi connectivity index (χ1) is 7.75. The van der Waals surface area contributed by atoms with E-state index in [1.807, 2.05) is 0 Å². The van der Waals surface area contributed by atoms with Gasteiger partial charge in [0.25, 0.3) is 0 Å². The summed E-state index contributed by atoms with van der Waals surface area (Å²) >= 11 is 5.88. The van der Waals surface area contributed by atoms with Crippen LogP contribution in [0.5, 0.6) is 0 Å². The Morgan fingerprint density at radius 3 is 2.65 bits per heavy atom. The zero-order valence-electron chi connectivity index (χ0n) is 9.77. The lowest BCUT2D eigenvalue weighted by molar-refractivity contribution is 0.493. The monoisotopic (exact) mass is 274 g/mol.